The number of aliphatic hydroxyl groups is 1. The quantitative estimate of drug-likeness (QED) is 0.722. The van der Waals surface area contributed by atoms with Crippen LogP contribution in [0, 0.1) is 6.92 Å². The Balaban J connectivity index is 1.43. The summed E-state index contributed by atoms with van der Waals surface area (Å²) in [5.74, 6) is 0.715. The number of pyridine rings is 1. The fourth-order valence-electron chi connectivity index (χ4n) is 4.28. The number of likely N-dealkylation sites (tertiary alicyclic amines) is 1. The third-order valence-corrected chi connectivity index (χ3v) is 5.92. The third kappa shape index (κ3) is 4.06. The third-order valence-electron chi connectivity index (χ3n) is 5.71. The van der Waals surface area contributed by atoms with Crippen molar-refractivity contribution in [2.75, 3.05) is 18.4 Å². The van der Waals surface area contributed by atoms with Crippen LogP contribution in [-0.2, 0) is 0 Å². The normalized spacial score (nSPS) is 28.0. The highest BCUT2D eigenvalue weighted by molar-refractivity contribution is 6.30. The molecule has 0 aromatic carbocycles. The molecule has 1 aliphatic carbocycles. The van der Waals surface area contributed by atoms with Crippen molar-refractivity contribution in [3.05, 3.63) is 28.9 Å². The van der Waals surface area contributed by atoms with E-state index in [-0.39, 0.29) is 5.75 Å². The standard InChI is InChI=1S/C20H26ClN5O2/c1-12-6-17(24-25-18(12)19-16(27)7-13(21)10-22-19)23-14-4-3-5-26(11-14)15-8-20(2,28)9-15/h6-7,10,14-15,27-28H,3-5,8-9,11H2,1-2H3,(H,23,24). The molecule has 1 atom stereocenters. The van der Waals surface area contributed by atoms with Gasteiger partial charge in [-0.2, -0.15) is 0 Å². The van der Waals surface area contributed by atoms with Crippen molar-refractivity contribution in [2.45, 2.75) is 57.2 Å². The molecule has 1 aliphatic heterocycles. The van der Waals surface area contributed by atoms with Gasteiger partial charge in [0.15, 0.2) is 0 Å². The molecule has 1 saturated heterocycles. The number of piperidine rings is 1. The summed E-state index contributed by atoms with van der Waals surface area (Å²) in [5, 5.41) is 32.6. The number of hydrogen-bond donors (Lipinski definition) is 3. The zero-order chi connectivity index (χ0) is 19.9. The Morgan fingerprint density at radius 3 is 2.71 bits per heavy atom. The van der Waals surface area contributed by atoms with Crippen LogP contribution in [0.2, 0.25) is 5.02 Å². The van der Waals surface area contributed by atoms with E-state index in [2.05, 4.69) is 25.4 Å². The molecule has 3 heterocycles. The SMILES string of the molecule is Cc1cc(NC2CCCN(C3CC(C)(O)C3)C2)nnc1-c1ncc(Cl)cc1O. The summed E-state index contributed by atoms with van der Waals surface area (Å²) in [7, 11) is 0. The maximum absolute atomic E-state index is 10.1. The molecule has 7 nitrogen and oxygen atoms in total. The van der Waals surface area contributed by atoms with Crippen LogP contribution in [-0.4, -0.2) is 61.1 Å². The van der Waals surface area contributed by atoms with Crippen LogP contribution in [0.25, 0.3) is 11.4 Å². The van der Waals surface area contributed by atoms with Crippen LogP contribution in [0.5, 0.6) is 5.75 Å². The van der Waals surface area contributed by atoms with Gasteiger partial charge in [0, 0.05) is 30.9 Å². The largest absolute Gasteiger partial charge is 0.506 e. The zero-order valence-corrected chi connectivity index (χ0v) is 16.9. The summed E-state index contributed by atoms with van der Waals surface area (Å²) in [5.41, 5.74) is 1.30. The number of halogens is 1. The molecule has 2 fully saturated rings. The van der Waals surface area contributed by atoms with Gasteiger partial charge in [0.1, 0.15) is 23.0 Å². The first-order chi connectivity index (χ1) is 13.3. The Bertz CT molecular complexity index is 868. The predicted molar refractivity (Wildman–Crippen MR) is 109 cm³/mol. The average Bonchev–Trinajstić information content (AvgIpc) is 2.61. The minimum Gasteiger partial charge on any atom is -0.506 e. The minimum absolute atomic E-state index is 0.00934. The van der Waals surface area contributed by atoms with E-state index in [1.54, 1.807) is 0 Å². The molecule has 0 amide bonds. The van der Waals surface area contributed by atoms with Crippen molar-refractivity contribution in [1.29, 1.82) is 0 Å². The molecule has 1 saturated carbocycles. The molecule has 0 spiro atoms. The second-order valence-corrected chi connectivity index (χ2v) is 8.76. The molecule has 3 N–H and O–H groups in total. The van der Waals surface area contributed by atoms with Gasteiger partial charge in [0.2, 0.25) is 0 Å². The zero-order valence-electron chi connectivity index (χ0n) is 16.2. The van der Waals surface area contributed by atoms with Crippen LogP contribution < -0.4 is 5.32 Å². The lowest BCUT2D eigenvalue weighted by atomic mass is 9.76. The van der Waals surface area contributed by atoms with Crippen molar-refractivity contribution in [1.82, 2.24) is 20.1 Å². The number of aryl methyl sites for hydroxylation is 1. The Morgan fingerprint density at radius 2 is 2.04 bits per heavy atom. The first kappa shape index (κ1) is 19.4. The maximum atomic E-state index is 10.1. The molecular formula is C20H26ClN5O2. The maximum Gasteiger partial charge on any atom is 0.149 e. The van der Waals surface area contributed by atoms with Crippen molar-refractivity contribution in [3.63, 3.8) is 0 Å². The van der Waals surface area contributed by atoms with Gasteiger partial charge in [-0.15, -0.1) is 10.2 Å². The van der Waals surface area contributed by atoms with Gasteiger partial charge in [-0.05, 0) is 57.7 Å². The van der Waals surface area contributed by atoms with Gasteiger partial charge in [-0.25, -0.2) is 4.98 Å². The Morgan fingerprint density at radius 1 is 1.25 bits per heavy atom. The summed E-state index contributed by atoms with van der Waals surface area (Å²) in [4.78, 5) is 6.65. The van der Waals surface area contributed by atoms with E-state index in [9.17, 15) is 10.2 Å². The van der Waals surface area contributed by atoms with Gasteiger partial charge in [-0.3, -0.25) is 4.90 Å². The van der Waals surface area contributed by atoms with Gasteiger partial charge >= 0.3 is 0 Å². The number of hydrogen-bond acceptors (Lipinski definition) is 7. The monoisotopic (exact) mass is 403 g/mol. The Kier molecular flexibility index (Phi) is 5.16. The summed E-state index contributed by atoms with van der Waals surface area (Å²) in [6.07, 6.45) is 5.40. The fourth-order valence-corrected chi connectivity index (χ4v) is 4.43. The fraction of sp³-hybridized carbons (Fsp3) is 0.550. The molecule has 150 valence electrons. The lowest BCUT2D eigenvalue weighted by molar-refractivity contribution is -0.0823. The summed E-state index contributed by atoms with van der Waals surface area (Å²) in [6, 6.07) is 4.17. The van der Waals surface area contributed by atoms with E-state index >= 15 is 0 Å². The van der Waals surface area contributed by atoms with E-state index in [0.717, 1.165) is 50.2 Å². The van der Waals surface area contributed by atoms with Crippen LogP contribution in [0.15, 0.2) is 18.3 Å². The number of nitrogens with one attached hydrogen (secondary N) is 1. The molecule has 2 aliphatic rings. The first-order valence-corrected chi connectivity index (χ1v) is 10.1. The molecule has 0 bridgehead atoms. The highest BCUT2D eigenvalue weighted by Gasteiger charge is 2.42. The lowest BCUT2D eigenvalue weighted by Crippen LogP contribution is -2.57. The number of nitrogens with zero attached hydrogens (tertiary/aromatic N) is 4. The molecular weight excluding hydrogens is 378 g/mol. The van der Waals surface area contributed by atoms with Crippen LogP contribution in [0.1, 0.15) is 38.2 Å². The topological polar surface area (TPSA) is 94.4 Å². The highest BCUT2D eigenvalue weighted by Crippen LogP contribution is 2.36. The minimum atomic E-state index is -0.495. The van der Waals surface area contributed by atoms with Crippen molar-refractivity contribution in [3.8, 4) is 17.1 Å². The molecule has 2 aromatic rings. The smallest absolute Gasteiger partial charge is 0.149 e. The molecule has 8 heteroatoms. The number of aromatic nitrogens is 3. The molecule has 0 radical (unpaired) electrons. The van der Waals surface area contributed by atoms with Gasteiger partial charge < -0.3 is 15.5 Å². The highest BCUT2D eigenvalue weighted by atomic mass is 35.5. The van der Waals surface area contributed by atoms with E-state index in [0.29, 0.717) is 28.5 Å². The van der Waals surface area contributed by atoms with E-state index in [4.69, 9.17) is 11.6 Å². The van der Waals surface area contributed by atoms with E-state index in [1.165, 1.54) is 12.3 Å². The first-order valence-electron chi connectivity index (χ1n) is 9.73. The van der Waals surface area contributed by atoms with E-state index < -0.39 is 5.60 Å². The molecule has 1 unspecified atom stereocenters. The van der Waals surface area contributed by atoms with Crippen molar-refractivity contribution >= 4 is 17.4 Å². The van der Waals surface area contributed by atoms with Gasteiger partial charge in [-0.1, -0.05) is 11.6 Å². The Labute approximate surface area is 169 Å². The second-order valence-electron chi connectivity index (χ2n) is 8.32. The second kappa shape index (κ2) is 7.46. The molecule has 4 rings (SSSR count). The van der Waals surface area contributed by atoms with Crippen LogP contribution >= 0.6 is 11.6 Å². The molecule has 2 aromatic heterocycles. The summed E-state index contributed by atoms with van der Waals surface area (Å²) < 4.78 is 0. The Hall–Kier alpha value is -1.96. The lowest BCUT2D eigenvalue weighted by Gasteiger charge is -2.49. The van der Waals surface area contributed by atoms with Crippen molar-refractivity contribution < 1.29 is 10.2 Å². The van der Waals surface area contributed by atoms with E-state index in [1.807, 2.05) is 19.9 Å². The van der Waals surface area contributed by atoms with Crippen LogP contribution in [0.4, 0.5) is 5.82 Å². The van der Waals surface area contributed by atoms with Crippen molar-refractivity contribution in [2.24, 2.45) is 0 Å². The number of anilines is 1. The summed E-state index contributed by atoms with van der Waals surface area (Å²) in [6.45, 7) is 5.87. The molecule has 28 heavy (non-hydrogen) atoms. The van der Waals surface area contributed by atoms with Gasteiger partial charge in [0.25, 0.3) is 0 Å². The number of rotatable bonds is 4. The van der Waals surface area contributed by atoms with Gasteiger partial charge in [0.05, 0.1) is 10.6 Å². The average molecular weight is 404 g/mol. The van der Waals surface area contributed by atoms with Crippen LogP contribution in [0.3, 0.4) is 0 Å². The summed E-state index contributed by atoms with van der Waals surface area (Å²) >= 11 is 5.86. The number of aromatic hydroxyl groups is 1. The predicted octanol–water partition coefficient (Wildman–Crippen LogP) is 3.00.